The summed E-state index contributed by atoms with van der Waals surface area (Å²) in [4.78, 5) is 0. The molecule has 2 nitrogen and oxygen atoms in total. The third kappa shape index (κ3) is 4.11. The second kappa shape index (κ2) is 6.11. The van der Waals surface area contributed by atoms with E-state index < -0.39 is 18.6 Å². The third-order valence-corrected chi connectivity index (χ3v) is 4.35. The summed E-state index contributed by atoms with van der Waals surface area (Å²) < 4.78 is 37.7. The molecule has 18 heavy (non-hydrogen) atoms. The Kier molecular flexibility index (Phi) is 5.52. The van der Waals surface area contributed by atoms with Crippen molar-refractivity contribution in [2.45, 2.75) is 25.1 Å². The summed E-state index contributed by atoms with van der Waals surface area (Å²) >= 11 is 9.47. The molecule has 0 spiro atoms. The monoisotopic (exact) mass is 453 g/mol. The van der Waals surface area contributed by atoms with Gasteiger partial charge in [-0.3, -0.25) is 0 Å². The Morgan fingerprint density at radius 2 is 1.78 bits per heavy atom. The fraction of sp³-hybridized carbons (Fsp3) is 0.400. The van der Waals surface area contributed by atoms with Crippen LogP contribution in [0.3, 0.4) is 0 Å². The van der Waals surface area contributed by atoms with E-state index in [4.69, 9.17) is 5.73 Å². The zero-order chi connectivity index (χ0) is 14.1. The Morgan fingerprint density at radius 3 is 2.28 bits per heavy atom. The lowest BCUT2D eigenvalue weighted by Gasteiger charge is -2.18. The topological polar surface area (TPSA) is 46.2 Å². The van der Waals surface area contributed by atoms with Crippen molar-refractivity contribution in [3.05, 3.63) is 25.0 Å². The van der Waals surface area contributed by atoms with E-state index in [2.05, 4.69) is 47.8 Å². The zero-order valence-electron chi connectivity index (χ0n) is 8.86. The summed E-state index contributed by atoms with van der Waals surface area (Å²) in [5, 5.41) is 9.70. The lowest BCUT2D eigenvalue weighted by atomic mass is 10.0. The van der Waals surface area contributed by atoms with Gasteiger partial charge < -0.3 is 10.8 Å². The molecule has 1 aromatic carbocycles. The predicted octanol–water partition coefficient (Wildman–Crippen LogP) is 5.02. The number of halogens is 6. The van der Waals surface area contributed by atoms with Gasteiger partial charge in [0.25, 0.3) is 0 Å². The average Bonchev–Trinajstić information content (AvgIpc) is 2.22. The quantitative estimate of drug-likeness (QED) is 0.672. The molecule has 0 bridgehead atoms. The van der Waals surface area contributed by atoms with Gasteiger partial charge in [-0.15, -0.1) is 0 Å². The van der Waals surface area contributed by atoms with E-state index in [1.54, 1.807) is 6.07 Å². The smallest absolute Gasteiger partial charge is 0.389 e. The maximum Gasteiger partial charge on any atom is 0.389 e. The van der Waals surface area contributed by atoms with E-state index in [-0.39, 0.29) is 12.2 Å². The Morgan fingerprint density at radius 1 is 1.22 bits per heavy atom. The van der Waals surface area contributed by atoms with Crippen LogP contribution in [0, 0.1) is 0 Å². The first-order chi connectivity index (χ1) is 8.13. The maximum atomic E-state index is 12.1. The van der Waals surface area contributed by atoms with E-state index in [9.17, 15) is 18.3 Å². The fourth-order valence-electron chi connectivity index (χ4n) is 1.40. The summed E-state index contributed by atoms with van der Waals surface area (Å²) in [6.07, 6.45) is -5.46. The Hall–Kier alpha value is 0.210. The van der Waals surface area contributed by atoms with Crippen LogP contribution in [0.1, 0.15) is 24.4 Å². The van der Waals surface area contributed by atoms with E-state index in [0.29, 0.717) is 19.0 Å². The van der Waals surface area contributed by atoms with E-state index >= 15 is 0 Å². The predicted molar refractivity (Wildman–Crippen MR) is 73.4 cm³/mol. The van der Waals surface area contributed by atoms with Crippen molar-refractivity contribution in [3.8, 4) is 5.75 Å². The van der Waals surface area contributed by atoms with Crippen LogP contribution < -0.4 is 5.73 Å². The minimum absolute atomic E-state index is 0.0874. The fourth-order valence-corrected chi connectivity index (χ4v) is 4.11. The van der Waals surface area contributed by atoms with Crippen LogP contribution in [0.25, 0.3) is 0 Å². The molecular formula is C10H9Br3F3NO. The number of alkyl halides is 3. The van der Waals surface area contributed by atoms with Gasteiger partial charge >= 0.3 is 6.18 Å². The first kappa shape index (κ1) is 16.3. The summed E-state index contributed by atoms with van der Waals surface area (Å²) in [6, 6.07) is 0.720. The molecule has 3 N–H and O–H groups in total. The summed E-state index contributed by atoms with van der Waals surface area (Å²) in [6.45, 7) is 0. The molecule has 0 fully saturated rings. The molecule has 0 aliphatic heterocycles. The van der Waals surface area contributed by atoms with Crippen molar-refractivity contribution in [3.63, 3.8) is 0 Å². The number of hydrogen-bond acceptors (Lipinski definition) is 2. The van der Waals surface area contributed by atoms with E-state index in [1.807, 2.05) is 0 Å². The van der Waals surface area contributed by atoms with Gasteiger partial charge in [0.05, 0.1) is 8.95 Å². The largest absolute Gasteiger partial charge is 0.506 e. The van der Waals surface area contributed by atoms with Crippen LogP contribution in [-0.4, -0.2) is 11.3 Å². The third-order valence-electron chi connectivity index (χ3n) is 2.29. The molecular weight excluding hydrogens is 447 g/mol. The minimum Gasteiger partial charge on any atom is -0.506 e. The van der Waals surface area contributed by atoms with Crippen LogP contribution in [0.5, 0.6) is 5.75 Å². The Bertz CT molecular complexity index is 451. The molecule has 0 aliphatic carbocycles. The molecule has 0 heterocycles. The average molecular weight is 456 g/mol. The number of hydrogen-bond donors (Lipinski definition) is 2. The summed E-state index contributed by atoms with van der Waals surface area (Å²) in [5.74, 6) is -0.0874. The van der Waals surface area contributed by atoms with Crippen molar-refractivity contribution in [2.24, 2.45) is 5.73 Å². The van der Waals surface area contributed by atoms with Gasteiger partial charge in [-0.1, -0.05) is 15.9 Å². The Balaban J connectivity index is 2.99. The molecule has 0 amide bonds. The highest BCUT2D eigenvalue weighted by molar-refractivity contribution is 9.11. The summed E-state index contributed by atoms with van der Waals surface area (Å²) in [7, 11) is 0. The second-order valence-electron chi connectivity index (χ2n) is 3.68. The highest BCUT2D eigenvalue weighted by Crippen LogP contribution is 2.42. The molecule has 1 atom stereocenters. The molecule has 8 heteroatoms. The molecule has 102 valence electrons. The number of aromatic hydroxyl groups is 1. The van der Waals surface area contributed by atoms with Crippen molar-refractivity contribution < 1.29 is 18.3 Å². The number of phenols is 1. The maximum absolute atomic E-state index is 12.1. The van der Waals surface area contributed by atoms with Crippen molar-refractivity contribution in [1.82, 2.24) is 0 Å². The van der Waals surface area contributed by atoms with E-state index in [0.717, 1.165) is 0 Å². The van der Waals surface area contributed by atoms with Crippen LogP contribution in [0.2, 0.25) is 0 Å². The van der Waals surface area contributed by atoms with Gasteiger partial charge in [-0.2, -0.15) is 13.2 Å². The molecule has 0 aliphatic rings. The normalized spacial score (nSPS) is 13.7. The SMILES string of the molecule is N[C@H](CCC(F)(F)F)c1c(Br)cc(Br)c(O)c1Br. The zero-order valence-corrected chi connectivity index (χ0v) is 13.6. The lowest BCUT2D eigenvalue weighted by molar-refractivity contribution is -0.136. The first-order valence-electron chi connectivity index (χ1n) is 4.82. The van der Waals surface area contributed by atoms with Gasteiger partial charge in [0.2, 0.25) is 0 Å². The highest BCUT2D eigenvalue weighted by atomic mass is 79.9. The number of phenolic OH excluding ortho intramolecular Hbond substituents is 1. The van der Waals surface area contributed by atoms with Gasteiger partial charge in [-0.25, -0.2) is 0 Å². The number of benzene rings is 1. The van der Waals surface area contributed by atoms with Gasteiger partial charge in [0.1, 0.15) is 5.75 Å². The molecule has 0 unspecified atom stereocenters. The minimum atomic E-state index is -4.24. The Labute approximate surface area is 127 Å². The molecule has 0 saturated heterocycles. The molecule has 0 aromatic heterocycles. The molecule has 0 saturated carbocycles. The van der Waals surface area contributed by atoms with Gasteiger partial charge in [0.15, 0.2) is 0 Å². The van der Waals surface area contributed by atoms with E-state index in [1.165, 1.54) is 0 Å². The molecule has 1 rings (SSSR count). The van der Waals surface area contributed by atoms with Crippen LogP contribution in [-0.2, 0) is 0 Å². The second-order valence-corrected chi connectivity index (χ2v) is 6.18. The summed E-state index contributed by atoms with van der Waals surface area (Å²) in [5.41, 5.74) is 6.15. The lowest BCUT2D eigenvalue weighted by Crippen LogP contribution is -2.16. The van der Waals surface area contributed by atoms with Crippen molar-refractivity contribution in [1.29, 1.82) is 0 Å². The van der Waals surface area contributed by atoms with Crippen molar-refractivity contribution in [2.75, 3.05) is 0 Å². The van der Waals surface area contributed by atoms with Gasteiger partial charge in [-0.05, 0) is 44.3 Å². The van der Waals surface area contributed by atoms with Gasteiger partial charge in [0, 0.05) is 22.5 Å². The van der Waals surface area contributed by atoms with Crippen LogP contribution in [0.15, 0.2) is 19.5 Å². The standard InChI is InChI=1S/C10H9Br3F3NO/c11-4-3-5(12)9(18)8(13)7(4)6(17)1-2-10(14,15)16/h3,6,18H,1-2,17H2/t6-/m1/s1. The van der Waals surface area contributed by atoms with Crippen LogP contribution in [0.4, 0.5) is 13.2 Å². The van der Waals surface area contributed by atoms with Crippen LogP contribution >= 0.6 is 47.8 Å². The first-order valence-corrected chi connectivity index (χ1v) is 7.20. The highest BCUT2D eigenvalue weighted by Gasteiger charge is 2.29. The number of rotatable bonds is 3. The van der Waals surface area contributed by atoms with Crippen molar-refractivity contribution >= 4 is 47.8 Å². The molecule has 0 radical (unpaired) electrons. The number of nitrogens with two attached hydrogens (primary N) is 1. The molecule has 1 aromatic rings.